The molecule has 4 aromatic carbocycles. The van der Waals surface area contributed by atoms with Crippen LogP contribution >= 0.6 is 0 Å². The molecule has 0 spiro atoms. The van der Waals surface area contributed by atoms with Gasteiger partial charge in [-0.15, -0.1) is 36.4 Å². The minimum absolute atomic E-state index is 0. The summed E-state index contributed by atoms with van der Waals surface area (Å²) in [6.07, 6.45) is 2.74. The van der Waals surface area contributed by atoms with E-state index in [1.54, 1.807) is 0 Å². The fraction of sp³-hybridized carbons (Fsp3) is 0.0909. The second-order valence-corrected chi connectivity index (χ2v) is 9.60. The van der Waals surface area contributed by atoms with E-state index in [1.807, 2.05) is 54.7 Å². The number of hydrogen-bond acceptors (Lipinski definition) is 4. The van der Waals surface area contributed by atoms with Gasteiger partial charge in [0, 0.05) is 34.9 Å². The maximum absolute atomic E-state index is 6.25. The Balaban J connectivity index is 0.00000253. The summed E-state index contributed by atoms with van der Waals surface area (Å²) in [5, 5.41) is 2.26. The number of para-hydroxylation sites is 1. The van der Waals surface area contributed by atoms with Crippen molar-refractivity contribution in [1.29, 1.82) is 0 Å². The predicted octanol–water partition coefficient (Wildman–Crippen LogP) is 7.01. The van der Waals surface area contributed by atoms with E-state index in [-0.39, 0.29) is 33.2 Å². The molecule has 6 aromatic rings. The quantitative estimate of drug-likeness (QED) is 0.188. The van der Waals surface area contributed by atoms with Crippen molar-refractivity contribution in [2.75, 3.05) is 0 Å². The normalized spacial score (nSPS) is 17.3. The maximum atomic E-state index is 6.25. The number of fused-ring (bicyclic) bond motifs is 6. The molecule has 6 heteroatoms. The first-order valence-electron chi connectivity index (χ1n) is 12.7. The number of benzene rings is 4. The van der Waals surface area contributed by atoms with Crippen LogP contribution in [0, 0.1) is 12.1 Å². The second-order valence-electron chi connectivity index (χ2n) is 9.60. The predicted molar refractivity (Wildman–Crippen MR) is 147 cm³/mol. The molecule has 0 bridgehead atoms. The molecule has 39 heavy (non-hydrogen) atoms. The molecule has 190 valence electrons. The minimum atomic E-state index is 0. The third kappa shape index (κ3) is 3.97. The van der Waals surface area contributed by atoms with Crippen molar-refractivity contribution in [1.82, 2.24) is 9.55 Å². The first-order valence-corrected chi connectivity index (χ1v) is 12.7. The van der Waals surface area contributed by atoms with E-state index in [0.717, 1.165) is 39.6 Å². The molecule has 8 rings (SSSR count). The van der Waals surface area contributed by atoms with Crippen LogP contribution in [0.2, 0.25) is 0 Å². The third-order valence-corrected chi connectivity index (χ3v) is 7.31. The van der Waals surface area contributed by atoms with Crippen LogP contribution in [0.5, 0.6) is 11.5 Å². The topological polar surface area (TPSA) is 48.6 Å². The molecule has 1 aliphatic carbocycles. The molecule has 0 radical (unpaired) electrons. The zero-order valence-corrected chi connectivity index (χ0v) is 22.9. The van der Waals surface area contributed by atoms with Crippen LogP contribution in [-0.4, -0.2) is 21.6 Å². The Morgan fingerprint density at radius 1 is 0.795 bits per heavy atom. The van der Waals surface area contributed by atoms with Crippen LogP contribution in [0.4, 0.5) is 0 Å². The van der Waals surface area contributed by atoms with Gasteiger partial charge in [0.05, 0.1) is 5.52 Å². The van der Waals surface area contributed by atoms with Crippen molar-refractivity contribution in [2.24, 2.45) is 4.99 Å². The molecule has 0 amide bonds. The van der Waals surface area contributed by atoms with Gasteiger partial charge in [-0.25, -0.2) is 4.98 Å². The smallest absolute Gasteiger partial charge is 0.514 e. The van der Waals surface area contributed by atoms with Crippen LogP contribution in [-0.2, 0) is 32.2 Å². The van der Waals surface area contributed by atoms with Crippen molar-refractivity contribution in [3.8, 4) is 17.2 Å². The fourth-order valence-electron chi connectivity index (χ4n) is 5.65. The molecule has 2 aromatic heterocycles. The number of ether oxygens (including phenoxy) is 2. The Hall–Kier alpha value is -4.21. The molecule has 5 nitrogen and oxygen atoms in total. The van der Waals surface area contributed by atoms with E-state index >= 15 is 0 Å². The molecule has 1 aliphatic heterocycles. The van der Waals surface area contributed by atoms with E-state index in [1.165, 1.54) is 11.1 Å². The molecule has 0 unspecified atom stereocenters. The molecule has 0 N–H and O–H groups in total. The molecule has 2 atom stereocenters. The summed E-state index contributed by atoms with van der Waals surface area (Å²) in [6.45, 7) is 0. The van der Waals surface area contributed by atoms with Crippen LogP contribution in [0.25, 0.3) is 27.6 Å². The maximum Gasteiger partial charge on any atom is 2.00 e. The van der Waals surface area contributed by atoms with Crippen LogP contribution in [0.3, 0.4) is 0 Å². The van der Waals surface area contributed by atoms with Gasteiger partial charge in [0.25, 0.3) is 0 Å². The van der Waals surface area contributed by atoms with Gasteiger partial charge in [-0.3, -0.25) is 4.99 Å². The van der Waals surface area contributed by atoms with Crippen LogP contribution < -0.4 is 4.74 Å². The number of hydrogen-bond donors (Lipinski definition) is 0. The fourth-order valence-corrected chi connectivity index (χ4v) is 5.65. The summed E-state index contributed by atoms with van der Waals surface area (Å²) in [6, 6.07) is 39.3. The number of pyridine rings is 1. The Morgan fingerprint density at radius 3 is 2.54 bits per heavy atom. The third-order valence-electron chi connectivity index (χ3n) is 7.31. The van der Waals surface area contributed by atoms with E-state index in [9.17, 15) is 0 Å². The number of aromatic nitrogens is 2. The molecule has 3 heterocycles. The summed E-state index contributed by atoms with van der Waals surface area (Å²) in [4.78, 5) is 9.58. The zero-order valence-electron chi connectivity index (χ0n) is 20.7. The summed E-state index contributed by atoms with van der Waals surface area (Å²) in [7, 11) is 0. The molecular weight excluding hydrogens is 665 g/mol. The van der Waals surface area contributed by atoms with Crippen molar-refractivity contribution in [3.63, 3.8) is 0 Å². The van der Waals surface area contributed by atoms with E-state index in [4.69, 9.17) is 14.5 Å². The minimum Gasteiger partial charge on any atom is -0.514 e. The SMILES string of the molecule is [Pt+2].[c-]1c(Oc2[c-]c(-n3c4ccccc4c4cccnc43)ccc2)cccc1C1=N[C@H]2c3ccccc3C[C@H]2O1. The Bertz CT molecular complexity index is 1840. The zero-order chi connectivity index (χ0) is 25.1. The van der Waals surface area contributed by atoms with E-state index in [2.05, 4.69) is 70.2 Å². The van der Waals surface area contributed by atoms with Gasteiger partial charge in [-0.1, -0.05) is 59.8 Å². The van der Waals surface area contributed by atoms with E-state index < -0.39 is 0 Å². The van der Waals surface area contributed by atoms with Crippen molar-refractivity contribution in [3.05, 3.63) is 132 Å². The average Bonchev–Trinajstić information content (AvgIpc) is 3.63. The molecule has 2 aliphatic rings. The molecule has 0 saturated heterocycles. The summed E-state index contributed by atoms with van der Waals surface area (Å²) < 4.78 is 14.6. The first-order chi connectivity index (χ1) is 18.8. The van der Waals surface area contributed by atoms with Gasteiger partial charge < -0.3 is 14.0 Å². The van der Waals surface area contributed by atoms with Crippen LogP contribution in [0.1, 0.15) is 22.7 Å². The van der Waals surface area contributed by atoms with Crippen molar-refractivity contribution in [2.45, 2.75) is 18.6 Å². The Labute approximate surface area is 240 Å². The molecule has 0 fully saturated rings. The monoisotopic (exact) mass is 686 g/mol. The largest absolute Gasteiger partial charge is 2.00 e. The van der Waals surface area contributed by atoms with Crippen molar-refractivity contribution >= 4 is 27.8 Å². The van der Waals surface area contributed by atoms with Gasteiger partial charge in [-0.05, 0) is 29.3 Å². The van der Waals surface area contributed by atoms with Crippen molar-refractivity contribution < 1.29 is 30.5 Å². The summed E-state index contributed by atoms with van der Waals surface area (Å²) >= 11 is 0. The first kappa shape index (κ1) is 23.9. The van der Waals surface area contributed by atoms with Gasteiger partial charge in [-0.2, -0.15) is 6.07 Å². The number of aliphatic imine (C=N–C) groups is 1. The second kappa shape index (κ2) is 9.51. The summed E-state index contributed by atoms with van der Waals surface area (Å²) in [5.74, 6) is 1.80. The van der Waals surface area contributed by atoms with Gasteiger partial charge >= 0.3 is 21.1 Å². The summed E-state index contributed by atoms with van der Waals surface area (Å²) in [5.41, 5.74) is 6.19. The Morgan fingerprint density at radius 2 is 1.59 bits per heavy atom. The Kier molecular flexibility index (Phi) is 5.82. The van der Waals surface area contributed by atoms with Gasteiger partial charge in [0.15, 0.2) is 0 Å². The average molecular weight is 687 g/mol. The van der Waals surface area contributed by atoms with Crippen LogP contribution in [0.15, 0.2) is 108 Å². The number of rotatable bonds is 4. The van der Waals surface area contributed by atoms with Gasteiger partial charge in [0.1, 0.15) is 23.7 Å². The van der Waals surface area contributed by atoms with E-state index in [0.29, 0.717) is 17.4 Å². The molecular formula is C33H21N3O2Pt. The number of nitrogens with zero attached hydrogens (tertiary/aromatic N) is 3. The molecule has 0 saturated carbocycles. The van der Waals surface area contributed by atoms with Gasteiger partial charge in [0.2, 0.25) is 0 Å². The standard InChI is InChI=1S/C33H21N3O2.Pt/c1-2-13-26-21(8-1)19-30-31(26)35-33(38-30)22-9-5-11-24(18-22)37-25-12-6-10-23(20-25)36-29-16-4-3-14-27(29)28-15-7-17-34-32(28)36;/h1-17,30-31H,19H2;/q-2;+2/t30-,31+;/m1./s1.